The highest BCUT2D eigenvalue weighted by atomic mass is 16.5. The van der Waals surface area contributed by atoms with Crippen LogP contribution in [-0.4, -0.2) is 24.7 Å². The molecular weight excluding hydrogens is 290 g/mol. The fourth-order valence-corrected chi connectivity index (χ4v) is 2.33. The largest absolute Gasteiger partial charge is 0.496 e. The number of hydrogen-bond acceptors (Lipinski definition) is 3. The van der Waals surface area contributed by atoms with Gasteiger partial charge < -0.3 is 15.2 Å². The molecule has 23 heavy (non-hydrogen) atoms. The summed E-state index contributed by atoms with van der Waals surface area (Å²) in [7, 11) is 1.60. The topological polar surface area (TPSA) is 58.6 Å². The summed E-state index contributed by atoms with van der Waals surface area (Å²) in [6.07, 6.45) is 3.67. The van der Waals surface area contributed by atoms with Gasteiger partial charge in [0, 0.05) is 18.2 Å². The van der Waals surface area contributed by atoms with E-state index in [1.54, 1.807) is 13.2 Å². The highest BCUT2D eigenvalue weighted by Gasteiger charge is 2.12. The van der Waals surface area contributed by atoms with Crippen molar-refractivity contribution in [1.82, 2.24) is 5.32 Å². The molecule has 2 N–H and O–H groups in total. The van der Waals surface area contributed by atoms with Gasteiger partial charge in [0.05, 0.1) is 13.2 Å². The Hall–Kier alpha value is -2.59. The molecule has 2 aromatic carbocycles. The zero-order valence-corrected chi connectivity index (χ0v) is 13.1. The van der Waals surface area contributed by atoms with Crippen molar-refractivity contribution in [2.45, 2.75) is 12.5 Å². The lowest BCUT2D eigenvalue weighted by Gasteiger charge is -2.17. The number of methoxy groups -OCH3 is 1. The number of benzene rings is 2. The second-order valence-electron chi connectivity index (χ2n) is 5.06. The maximum absolute atomic E-state index is 12.2. The molecule has 1 unspecified atom stereocenters. The molecule has 0 fully saturated rings. The minimum atomic E-state index is -0.212. The van der Waals surface area contributed by atoms with Crippen molar-refractivity contribution in [1.29, 1.82) is 0 Å². The van der Waals surface area contributed by atoms with E-state index in [4.69, 9.17) is 4.74 Å². The van der Waals surface area contributed by atoms with Gasteiger partial charge in [0.1, 0.15) is 5.75 Å². The van der Waals surface area contributed by atoms with Gasteiger partial charge in [0.15, 0.2) is 0 Å². The van der Waals surface area contributed by atoms with Crippen LogP contribution in [0.1, 0.15) is 23.6 Å². The van der Waals surface area contributed by atoms with Crippen LogP contribution in [0.25, 0.3) is 6.08 Å². The first-order valence-corrected chi connectivity index (χ1v) is 7.52. The summed E-state index contributed by atoms with van der Waals surface area (Å²) in [6, 6.07) is 16.9. The van der Waals surface area contributed by atoms with Crippen LogP contribution in [-0.2, 0) is 4.79 Å². The highest BCUT2D eigenvalue weighted by Crippen LogP contribution is 2.19. The van der Waals surface area contributed by atoms with Crippen molar-refractivity contribution in [2.75, 3.05) is 13.7 Å². The molecule has 0 saturated heterocycles. The number of carbonyl (C=O) groups excluding carboxylic acids is 1. The van der Waals surface area contributed by atoms with Crippen LogP contribution in [0, 0.1) is 0 Å². The number of hydrogen-bond donors (Lipinski definition) is 2. The second kappa shape index (κ2) is 8.76. The molecule has 0 aliphatic rings. The van der Waals surface area contributed by atoms with E-state index in [1.165, 1.54) is 6.08 Å². The molecule has 0 spiro atoms. The van der Waals surface area contributed by atoms with Crippen molar-refractivity contribution in [3.05, 3.63) is 71.8 Å². The quantitative estimate of drug-likeness (QED) is 0.773. The van der Waals surface area contributed by atoms with Gasteiger partial charge in [-0.1, -0.05) is 48.5 Å². The number of rotatable bonds is 7. The SMILES string of the molecule is COc1ccccc1/C=C/C(=O)NC(CCO)c1ccccc1. The Morgan fingerprint density at radius 1 is 1.17 bits per heavy atom. The fraction of sp³-hybridized carbons (Fsp3) is 0.211. The molecule has 0 aromatic heterocycles. The van der Waals surface area contributed by atoms with Gasteiger partial charge in [-0.25, -0.2) is 0 Å². The lowest BCUT2D eigenvalue weighted by Crippen LogP contribution is -2.27. The van der Waals surface area contributed by atoms with Crippen LogP contribution in [0.2, 0.25) is 0 Å². The summed E-state index contributed by atoms with van der Waals surface area (Å²) in [5, 5.41) is 12.1. The molecule has 1 amide bonds. The van der Waals surface area contributed by atoms with Crippen LogP contribution in [0.3, 0.4) is 0 Å². The van der Waals surface area contributed by atoms with Crippen molar-refractivity contribution in [3.63, 3.8) is 0 Å². The summed E-state index contributed by atoms with van der Waals surface area (Å²) >= 11 is 0. The monoisotopic (exact) mass is 311 g/mol. The van der Waals surface area contributed by atoms with E-state index in [1.807, 2.05) is 54.6 Å². The van der Waals surface area contributed by atoms with Crippen molar-refractivity contribution in [2.24, 2.45) is 0 Å². The van der Waals surface area contributed by atoms with Crippen LogP contribution in [0.5, 0.6) is 5.75 Å². The molecule has 4 heteroatoms. The summed E-state index contributed by atoms with van der Waals surface area (Å²) in [6.45, 7) is 0.00998. The van der Waals surface area contributed by atoms with E-state index in [9.17, 15) is 9.90 Å². The Balaban J connectivity index is 2.06. The average molecular weight is 311 g/mol. The highest BCUT2D eigenvalue weighted by molar-refractivity contribution is 5.92. The number of aliphatic hydroxyl groups excluding tert-OH is 1. The van der Waals surface area contributed by atoms with Crippen molar-refractivity contribution in [3.8, 4) is 5.75 Å². The molecule has 1 atom stereocenters. The number of amides is 1. The number of carbonyl (C=O) groups is 1. The van der Waals surface area contributed by atoms with Crippen LogP contribution in [0.4, 0.5) is 0 Å². The van der Waals surface area contributed by atoms with E-state index >= 15 is 0 Å². The Kier molecular flexibility index (Phi) is 6.39. The van der Waals surface area contributed by atoms with Crippen molar-refractivity contribution >= 4 is 12.0 Å². The van der Waals surface area contributed by atoms with Crippen LogP contribution in [0.15, 0.2) is 60.7 Å². The summed E-state index contributed by atoms with van der Waals surface area (Å²) in [4.78, 5) is 12.2. The normalized spacial score (nSPS) is 12.1. The minimum Gasteiger partial charge on any atom is -0.496 e. The first kappa shape index (κ1) is 16.8. The number of ether oxygens (including phenoxy) is 1. The van der Waals surface area contributed by atoms with E-state index in [2.05, 4.69) is 5.32 Å². The standard InChI is InChI=1S/C19H21NO3/c1-23-18-10-6-5-9-16(18)11-12-19(22)20-17(13-14-21)15-7-3-2-4-8-15/h2-12,17,21H,13-14H2,1H3,(H,20,22)/b12-11+. The molecule has 2 rings (SSSR count). The van der Waals surface area contributed by atoms with Crippen LogP contribution >= 0.6 is 0 Å². The summed E-state index contributed by atoms with van der Waals surface area (Å²) < 4.78 is 5.25. The third kappa shape index (κ3) is 4.97. The van der Waals surface area contributed by atoms with Gasteiger partial charge in [0.25, 0.3) is 0 Å². The molecule has 0 bridgehead atoms. The summed E-state index contributed by atoms with van der Waals surface area (Å²) in [5.74, 6) is 0.504. The Bertz CT molecular complexity index is 653. The zero-order valence-electron chi connectivity index (χ0n) is 13.1. The third-order valence-corrected chi connectivity index (χ3v) is 3.49. The van der Waals surface area contributed by atoms with E-state index in [0.29, 0.717) is 12.2 Å². The third-order valence-electron chi connectivity index (χ3n) is 3.49. The summed E-state index contributed by atoms with van der Waals surface area (Å²) in [5.41, 5.74) is 1.81. The lowest BCUT2D eigenvalue weighted by atomic mass is 10.0. The molecule has 120 valence electrons. The molecular formula is C19H21NO3. The zero-order chi connectivity index (χ0) is 16.5. The van der Waals surface area contributed by atoms with E-state index in [0.717, 1.165) is 11.1 Å². The Labute approximate surface area is 136 Å². The molecule has 4 nitrogen and oxygen atoms in total. The first-order chi connectivity index (χ1) is 11.2. The Morgan fingerprint density at radius 3 is 2.57 bits per heavy atom. The van der Waals surface area contributed by atoms with Gasteiger partial charge >= 0.3 is 0 Å². The average Bonchev–Trinajstić information content (AvgIpc) is 2.60. The molecule has 0 heterocycles. The number of nitrogens with one attached hydrogen (secondary N) is 1. The maximum Gasteiger partial charge on any atom is 0.244 e. The maximum atomic E-state index is 12.2. The predicted molar refractivity (Wildman–Crippen MR) is 91.1 cm³/mol. The lowest BCUT2D eigenvalue weighted by molar-refractivity contribution is -0.117. The van der Waals surface area contributed by atoms with Gasteiger partial charge in [-0.15, -0.1) is 0 Å². The smallest absolute Gasteiger partial charge is 0.244 e. The molecule has 0 aliphatic carbocycles. The molecule has 0 aliphatic heterocycles. The predicted octanol–water partition coefficient (Wildman–Crippen LogP) is 2.95. The van der Waals surface area contributed by atoms with Gasteiger partial charge in [-0.05, 0) is 24.1 Å². The molecule has 0 saturated carbocycles. The van der Waals surface area contributed by atoms with Gasteiger partial charge in [0.2, 0.25) is 5.91 Å². The molecule has 2 aromatic rings. The van der Waals surface area contributed by atoms with Gasteiger partial charge in [-0.2, -0.15) is 0 Å². The van der Waals surface area contributed by atoms with Crippen LogP contribution < -0.4 is 10.1 Å². The van der Waals surface area contributed by atoms with E-state index < -0.39 is 0 Å². The van der Waals surface area contributed by atoms with Gasteiger partial charge in [-0.3, -0.25) is 4.79 Å². The Morgan fingerprint density at radius 2 is 1.87 bits per heavy atom. The van der Waals surface area contributed by atoms with E-state index in [-0.39, 0.29) is 18.6 Å². The number of aliphatic hydroxyl groups is 1. The first-order valence-electron chi connectivity index (χ1n) is 7.52. The molecule has 0 radical (unpaired) electrons. The second-order valence-corrected chi connectivity index (χ2v) is 5.06. The number of para-hydroxylation sites is 1. The van der Waals surface area contributed by atoms with Crippen molar-refractivity contribution < 1.29 is 14.6 Å². The minimum absolute atomic E-state index is 0.00998. The fourth-order valence-electron chi connectivity index (χ4n) is 2.33.